The minimum atomic E-state index is -0.493. The maximum absolute atomic E-state index is 6.03. The molecule has 0 bridgehead atoms. The van der Waals surface area contributed by atoms with E-state index in [0.29, 0.717) is 5.92 Å². The summed E-state index contributed by atoms with van der Waals surface area (Å²) in [6, 6.07) is 6.35. The monoisotopic (exact) mass is 218 g/mol. The lowest BCUT2D eigenvalue weighted by atomic mass is 9.82. The largest absolute Gasteiger partial charge is 0.463 e. The molecule has 2 aliphatic rings. The van der Waals surface area contributed by atoms with Gasteiger partial charge < -0.3 is 9.47 Å². The minimum absolute atomic E-state index is 0.221. The zero-order valence-electron chi connectivity index (χ0n) is 10.1. The second-order valence-electron chi connectivity index (χ2n) is 5.48. The van der Waals surface area contributed by atoms with Gasteiger partial charge in [0.15, 0.2) is 0 Å². The van der Waals surface area contributed by atoms with Crippen LogP contribution in [-0.4, -0.2) is 5.79 Å². The van der Waals surface area contributed by atoms with Crippen LogP contribution in [-0.2, 0) is 11.2 Å². The molecule has 0 spiro atoms. The molecule has 2 nitrogen and oxygen atoms in total. The van der Waals surface area contributed by atoms with E-state index < -0.39 is 5.79 Å². The van der Waals surface area contributed by atoms with Crippen LogP contribution < -0.4 is 4.74 Å². The van der Waals surface area contributed by atoms with Crippen molar-refractivity contribution in [1.29, 1.82) is 0 Å². The molecule has 2 heteroatoms. The first-order chi connectivity index (χ1) is 7.55. The van der Waals surface area contributed by atoms with E-state index in [0.717, 1.165) is 18.6 Å². The first-order valence-corrected chi connectivity index (χ1v) is 6.04. The molecule has 0 unspecified atom stereocenters. The second-order valence-corrected chi connectivity index (χ2v) is 5.48. The van der Waals surface area contributed by atoms with Gasteiger partial charge in [-0.1, -0.05) is 19.1 Å². The predicted octanol–water partition coefficient (Wildman–Crippen LogP) is 3.46. The van der Waals surface area contributed by atoms with Gasteiger partial charge in [0.1, 0.15) is 5.75 Å². The Labute approximate surface area is 96.6 Å². The van der Waals surface area contributed by atoms with Gasteiger partial charge in [-0.3, -0.25) is 0 Å². The fourth-order valence-corrected chi connectivity index (χ4v) is 2.90. The Balaban J connectivity index is 2.12. The number of benzene rings is 1. The van der Waals surface area contributed by atoms with Gasteiger partial charge in [-0.2, -0.15) is 0 Å². The van der Waals surface area contributed by atoms with E-state index in [1.807, 2.05) is 13.8 Å². The van der Waals surface area contributed by atoms with Crippen LogP contribution in [0.4, 0.5) is 0 Å². The average Bonchev–Trinajstić information content (AvgIpc) is 2.14. The molecular weight excluding hydrogens is 200 g/mol. The zero-order chi connectivity index (χ0) is 11.3. The van der Waals surface area contributed by atoms with Crippen LogP contribution in [0.15, 0.2) is 18.2 Å². The van der Waals surface area contributed by atoms with E-state index >= 15 is 0 Å². The molecule has 1 aromatic carbocycles. The highest BCUT2D eigenvalue weighted by Gasteiger charge is 2.38. The Bertz CT molecular complexity index is 423. The van der Waals surface area contributed by atoms with Crippen LogP contribution in [0.25, 0.3) is 0 Å². The molecule has 1 aliphatic heterocycles. The minimum Gasteiger partial charge on any atom is -0.463 e. The summed E-state index contributed by atoms with van der Waals surface area (Å²) in [5.41, 5.74) is 2.69. The number of ether oxygens (including phenoxy) is 2. The van der Waals surface area contributed by atoms with Crippen molar-refractivity contribution in [2.75, 3.05) is 0 Å². The molecule has 3 rings (SSSR count). The van der Waals surface area contributed by atoms with Gasteiger partial charge >= 0.3 is 0 Å². The molecule has 0 amide bonds. The van der Waals surface area contributed by atoms with Crippen molar-refractivity contribution in [3.05, 3.63) is 29.3 Å². The fraction of sp³-hybridized carbons (Fsp3) is 0.571. The van der Waals surface area contributed by atoms with Crippen LogP contribution in [0, 0.1) is 5.92 Å². The van der Waals surface area contributed by atoms with Crippen LogP contribution >= 0.6 is 0 Å². The predicted molar refractivity (Wildman–Crippen MR) is 62.5 cm³/mol. The summed E-state index contributed by atoms with van der Waals surface area (Å²) in [5, 5.41) is 0. The van der Waals surface area contributed by atoms with Gasteiger partial charge in [0.25, 0.3) is 0 Å². The topological polar surface area (TPSA) is 18.5 Å². The Hall–Kier alpha value is -1.02. The smallest absolute Gasteiger partial charge is 0.205 e. The number of hydrogen-bond donors (Lipinski definition) is 0. The third kappa shape index (κ3) is 1.52. The van der Waals surface area contributed by atoms with Crippen molar-refractivity contribution >= 4 is 0 Å². The average molecular weight is 218 g/mol. The lowest BCUT2D eigenvalue weighted by Gasteiger charge is -2.42. The molecule has 0 aromatic heterocycles. The van der Waals surface area contributed by atoms with E-state index in [4.69, 9.17) is 9.47 Å². The third-order valence-electron chi connectivity index (χ3n) is 3.45. The summed E-state index contributed by atoms with van der Waals surface area (Å²) < 4.78 is 11.9. The summed E-state index contributed by atoms with van der Waals surface area (Å²) in [5.74, 6) is 1.22. The van der Waals surface area contributed by atoms with E-state index in [2.05, 4.69) is 25.1 Å². The Kier molecular flexibility index (Phi) is 2.05. The molecule has 2 atom stereocenters. The van der Waals surface area contributed by atoms with Gasteiger partial charge in [0, 0.05) is 19.4 Å². The Morgan fingerprint density at radius 2 is 2.12 bits per heavy atom. The zero-order valence-corrected chi connectivity index (χ0v) is 10.1. The summed E-state index contributed by atoms with van der Waals surface area (Å²) in [4.78, 5) is 0. The van der Waals surface area contributed by atoms with Crippen LogP contribution in [0.1, 0.15) is 44.4 Å². The SMILES string of the molecule is C[C@@H]1Cc2cccc3c2[C@@H](C1)OC(C)(C)O3. The highest BCUT2D eigenvalue weighted by Crippen LogP contribution is 2.46. The normalized spacial score (nSPS) is 30.4. The third-order valence-corrected chi connectivity index (χ3v) is 3.45. The number of rotatable bonds is 0. The summed E-state index contributed by atoms with van der Waals surface area (Å²) in [6.07, 6.45) is 2.47. The molecular formula is C14H18O2. The molecule has 0 N–H and O–H groups in total. The molecule has 86 valence electrons. The first-order valence-electron chi connectivity index (χ1n) is 6.04. The highest BCUT2D eigenvalue weighted by molar-refractivity contribution is 5.45. The lowest BCUT2D eigenvalue weighted by molar-refractivity contribution is -0.212. The van der Waals surface area contributed by atoms with Crippen LogP contribution in [0.5, 0.6) is 5.75 Å². The Morgan fingerprint density at radius 1 is 1.31 bits per heavy atom. The van der Waals surface area contributed by atoms with Crippen molar-refractivity contribution < 1.29 is 9.47 Å². The molecule has 1 heterocycles. The van der Waals surface area contributed by atoms with Crippen molar-refractivity contribution in [1.82, 2.24) is 0 Å². The molecule has 16 heavy (non-hydrogen) atoms. The second kappa shape index (κ2) is 3.24. The maximum atomic E-state index is 6.03. The van der Waals surface area contributed by atoms with E-state index in [9.17, 15) is 0 Å². The van der Waals surface area contributed by atoms with Gasteiger partial charge in [-0.25, -0.2) is 0 Å². The van der Waals surface area contributed by atoms with Crippen molar-refractivity contribution in [2.24, 2.45) is 5.92 Å². The van der Waals surface area contributed by atoms with E-state index in [1.165, 1.54) is 11.1 Å². The van der Waals surface area contributed by atoms with Crippen LogP contribution in [0.3, 0.4) is 0 Å². The van der Waals surface area contributed by atoms with Gasteiger partial charge in [0.2, 0.25) is 5.79 Å². The lowest BCUT2D eigenvalue weighted by Crippen LogP contribution is -2.39. The first kappa shape index (κ1) is 10.2. The molecule has 0 saturated carbocycles. The Morgan fingerprint density at radius 3 is 2.94 bits per heavy atom. The van der Waals surface area contributed by atoms with E-state index in [1.54, 1.807) is 0 Å². The van der Waals surface area contributed by atoms with Gasteiger partial charge in [0.05, 0.1) is 6.10 Å². The maximum Gasteiger partial charge on any atom is 0.205 e. The highest BCUT2D eigenvalue weighted by atomic mass is 16.7. The molecule has 0 saturated heterocycles. The van der Waals surface area contributed by atoms with Crippen LogP contribution in [0.2, 0.25) is 0 Å². The molecule has 0 fully saturated rings. The molecule has 1 aliphatic carbocycles. The number of hydrogen-bond acceptors (Lipinski definition) is 2. The van der Waals surface area contributed by atoms with Gasteiger partial charge in [-0.15, -0.1) is 0 Å². The molecule has 0 radical (unpaired) electrons. The van der Waals surface area contributed by atoms with Crippen molar-refractivity contribution in [2.45, 2.75) is 45.5 Å². The fourth-order valence-electron chi connectivity index (χ4n) is 2.90. The molecule has 1 aromatic rings. The summed E-state index contributed by atoms with van der Waals surface area (Å²) in [7, 11) is 0. The standard InChI is InChI=1S/C14H18O2/c1-9-7-10-5-4-6-11-13(10)12(8-9)16-14(2,3)15-11/h4-6,9,12H,7-8H2,1-3H3/t9-,12-/m1/s1. The van der Waals surface area contributed by atoms with Crippen molar-refractivity contribution in [3.63, 3.8) is 0 Å². The van der Waals surface area contributed by atoms with Gasteiger partial charge in [-0.05, 0) is 30.4 Å². The quantitative estimate of drug-likeness (QED) is 0.664. The summed E-state index contributed by atoms with van der Waals surface area (Å²) in [6.45, 7) is 6.27. The summed E-state index contributed by atoms with van der Waals surface area (Å²) >= 11 is 0. The van der Waals surface area contributed by atoms with E-state index in [-0.39, 0.29) is 6.10 Å². The van der Waals surface area contributed by atoms with Crippen molar-refractivity contribution in [3.8, 4) is 5.75 Å².